The predicted octanol–water partition coefficient (Wildman–Crippen LogP) is 5.13. The minimum Gasteiger partial charge on any atom is -0.360 e. The predicted molar refractivity (Wildman–Crippen MR) is 93.6 cm³/mol. The molecular weight excluding hydrogens is 367 g/mol. The van der Waals surface area contributed by atoms with Crippen molar-refractivity contribution < 1.29 is 18.0 Å². The number of benzene rings is 2. The Labute approximate surface area is 152 Å². The van der Waals surface area contributed by atoms with Gasteiger partial charge < -0.3 is 10.6 Å². The average molecular weight is 380 g/mol. The van der Waals surface area contributed by atoms with Crippen LogP contribution in [-0.4, -0.2) is 5.91 Å². The van der Waals surface area contributed by atoms with Crippen LogP contribution in [0.4, 0.5) is 24.5 Å². The molecule has 0 aromatic heterocycles. The number of carbonyl (C=O) groups is 1. The van der Waals surface area contributed by atoms with E-state index in [4.69, 9.17) is 16.9 Å². The van der Waals surface area contributed by atoms with Crippen LogP contribution >= 0.6 is 11.6 Å². The summed E-state index contributed by atoms with van der Waals surface area (Å²) in [6, 6.07) is 11.7. The van der Waals surface area contributed by atoms with E-state index in [9.17, 15) is 18.0 Å². The Hall–Kier alpha value is -2.98. The lowest BCUT2D eigenvalue weighted by Crippen LogP contribution is -2.15. The van der Waals surface area contributed by atoms with Gasteiger partial charge in [0.1, 0.15) is 11.6 Å². The lowest BCUT2D eigenvalue weighted by molar-refractivity contribution is -0.136. The van der Waals surface area contributed by atoms with Crippen LogP contribution in [0.1, 0.15) is 11.1 Å². The zero-order valence-electron chi connectivity index (χ0n) is 13.5. The number of rotatable bonds is 4. The Kier molecular flexibility index (Phi) is 5.90. The molecule has 0 heterocycles. The van der Waals surface area contributed by atoms with E-state index in [-0.39, 0.29) is 16.3 Å². The van der Waals surface area contributed by atoms with Gasteiger partial charge >= 0.3 is 6.18 Å². The molecule has 2 N–H and O–H groups in total. The molecule has 0 aliphatic carbocycles. The van der Waals surface area contributed by atoms with Gasteiger partial charge in [0.2, 0.25) is 0 Å². The van der Waals surface area contributed by atoms with Crippen LogP contribution < -0.4 is 10.6 Å². The number of nitriles is 1. The van der Waals surface area contributed by atoms with Crippen LogP contribution in [0.3, 0.4) is 0 Å². The molecular formula is C18H13ClF3N3O. The molecule has 0 saturated heterocycles. The second-order valence-corrected chi connectivity index (χ2v) is 5.76. The maximum absolute atomic E-state index is 13.1. The zero-order chi connectivity index (χ0) is 19.3. The third kappa shape index (κ3) is 5.01. The first-order chi connectivity index (χ1) is 12.2. The van der Waals surface area contributed by atoms with E-state index in [0.717, 1.165) is 23.9 Å². The molecule has 2 aromatic rings. The van der Waals surface area contributed by atoms with E-state index in [0.29, 0.717) is 5.69 Å². The molecule has 0 atom stereocenters. The second kappa shape index (κ2) is 7.93. The van der Waals surface area contributed by atoms with Crippen molar-refractivity contribution in [1.29, 1.82) is 5.26 Å². The molecule has 0 saturated carbocycles. The van der Waals surface area contributed by atoms with Crippen LogP contribution in [0.2, 0.25) is 5.02 Å². The third-order valence-corrected chi connectivity index (χ3v) is 3.54. The largest absolute Gasteiger partial charge is 0.418 e. The first-order valence-corrected chi connectivity index (χ1v) is 7.70. The first-order valence-electron chi connectivity index (χ1n) is 7.32. The van der Waals surface area contributed by atoms with Gasteiger partial charge in [-0.05, 0) is 42.8 Å². The molecule has 0 aliphatic heterocycles. The highest BCUT2D eigenvalue weighted by Gasteiger charge is 2.33. The van der Waals surface area contributed by atoms with Crippen LogP contribution in [0, 0.1) is 18.3 Å². The summed E-state index contributed by atoms with van der Waals surface area (Å²) in [7, 11) is 0. The molecule has 2 rings (SSSR count). The SMILES string of the molecule is Cc1cccc(NC(=O)/C(C#N)=C\Nc2ccc(Cl)cc2C(F)(F)F)c1. The molecule has 0 bridgehead atoms. The number of aryl methyl sites for hydroxylation is 1. The highest BCUT2D eigenvalue weighted by atomic mass is 35.5. The lowest BCUT2D eigenvalue weighted by atomic mass is 10.1. The number of halogens is 4. The quantitative estimate of drug-likeness (QED) is 0.572. The van der Waals surface area contributed by atoms with Crippen molar-refractivity contribution in [3.8, 4) is 6.07 Å². The number of alkyl halides is 3. The van der Waals surface area contributed by atoms with Crippen molar-refractivity contribution in [2.75, 3.05) is 10.6 Å². The number of hydrogen-bond acceptors (Lipinski definition) is 3. The van der Waals surface area contributed by atoms with Crippen molar-refractivity contribution in [3.05, 3.63) is 70.4 Å². The molecule has 0 radical (unpaired) electrons. The smallest absolute Gasteiger partial charge is 0.360 e. The summed E-state index contributed by atoms with van der Waals surface area (Å²) < 4.78 is 39.2. The van der Waals surface area contributed by atoms with E-state index in [2.05, 4.69) is 10.6 Å². The monoisotopic (exact) mass is 379 g/mol. The van der Waals surface area contributed by atoms with Gasteiger partial charge in [-0.25, -0.2) is 0 Å². The second-order valence-electron chi connectivity index (χ2n) is 5.33. The van der Waals surface area contributed by atoms with Gasteiger partial charge in [0, 0.05) is 16.9 Å². The van der Waals surface area contributed by atoms with Crippen molar-refractivity contribution in [1.82, 2.24) is 0 Å². The number of carbonyl (C=O) groups excluding carboxylic acids is 1. The third-order valence-electron chi connectivity index (χ3n) is 3.30. The normalized spacial score (nSPS) is 11.6. The molecule has 26 heavy (non-hydrogen) atoms. The van der Waals surface area contributed by atoms with E-state index in [1.807, 2.05) is 13.0 Å². The summed E-state index contributed by atoms with van der Waals surface area (Å²) in [6.07, 6.45) is -3.72. The number of nitrogens with one attached hydrogen (secondary N) is 2. The Morgan fingerprint density at radius 1 is 1.23 bits per heavy atom. The topological polar surface area (TPSA) is 64.9 Å². The molecule has 0 fully saturated rings. The average Bonchev–Trinajstić information content (AvgIpc) is 2.55. The standard InChI is InChI=1S/C18H13ClF3N3O/c1-11-3-2-4-14(7-11)25-17(26)12(9-23)10-24-16-6-5-13(19)8-15(16)18(20,21)22/h2-8,10,24H,1H3,(H,25,26)/b12-10-. The Morgan fingerprint density at radius 2 is 1.96 bits per heavy atom. The van der Waals surface area contributed by atoms with Gasteiger partial charge in [-0.1, -0.05) is 23.7 Å². The van der Waals surface area contributed by atoms with Gasteiger partial charge in [-0.15, -0.1) is 0 Å². The van der Waals surface area contributed by atoms with Crippen LogP contribution in [0.25, 0.3) is 0 Å². The van der Waals surface area contributed by atoms with Gasteiger partial charge in [0.15, 0.2) is 0 Å². The van der Waals surface area contributed by atoms with Crippen LogP contribution in [0.5, 0.6) is 0 Å². The molecule has 0 spiro atoms. The Balaban J connectivity index is 2.22. The summed E-state index contributed by atoms with van der Waals surface area (Å²) in [4.78, 5) is 12.1. The van der Waals surface area contributed by atoms with E-state index in [1.165, 1.54) is 6.07 Å². The summed E-state index contributed by atoms with van der Waals surface area (Å²) in [5.41, 5.74) is -0.330. The highest BCUT2D eigenvalue weighted by molar-refractivity contribution is 6.30. The van der Waals surface area contributed by atoms with Gasteiger partial charge in [0.05, 0.1) is 11.3 Å². The number of hydrogen-bond donors (Lipinski definition) is 2. The molecule has 1 amide bonds. The van der Waals surface area contributed by atoms with Crippen molar-refractivity contribution in [2.45, 2.75) is 13.1 Å². The van der Waals surface area contributed by atoms with E-state index < -0.39 is 17.6 Å². The van der Waals surface area contributed by atoms with Crippen molar-refractivity contribution in [3.63, 3.8) is 0 Å². The zero-order valence-corrected chi connectivity index (χ0v) is 14.2. The fraction of sp³-hybridized carbons (Fsp3) is 0.111. The summed E-state index contributed by atoms with van der Waals surface area (Å²) in [5.74, 6) is -0.742. The molecule has 134 valence electrons. The maximum Gasteiger partial charge on any atom is 0.418 e. The fourth-order valence-corrected chi connectivity index (χ4v) is 2.27. The van der Waals surface area contributed by atoms with Crippen LogP contribution in [-0.2, 0) is 11.0 Å². The van der Waals surface area contributed by atoms with E-state index in [1.54, 1.807) is 24.3 Å². The highest BCUT2D eigenvalue weighted by Crippen LogP contribution is 2.36. The number of amides is 1. The van der Waals surface area contributed by atoms with Crippen molar-refractivity contribution >= 4 is 28.9 Å². The molecule has 0 unspecified atom stereocenters. The molecule has 2 aromatic carbocycles. The summed E-state index contributed by atoms with van der Waals surface area (Å²) in [5, 5.41) is 13.9. The van der Waals surface area contributed by atoms with Crippen molar-refractivity contribution in [2.24, 2.45) is 0 Å². The minimum absolute atomic E-state index is 0.0791. The summed E-state index contributed by atoms with van der Waals surface area (Å²) in [6.45, 7) is 1.83. The number of anilines is 2. The summed E-state index contributed by atoms with van der Waals surface area (Å²) >= 11 is 5.61. The fourth-order valence-electron chi connectivity index (χ4n) is 2.10. The molecule has 4 nitrogen and oxygen atoms in total. The first kappa shape index (κ1) is 19.3. The Morgan fingerprint density at radius 3 is 2.58 bits per heavy atom. The van der Waals surface area contributed by atoms with E-state index >= 15 is 0 Å². The lowest BCUT2D eigenvalue weighted by Gasteiger charge is -2.13. The van der Waals surface area contributed by atoms with Gasteiger partial charge in [-0.3, -0.25) is 4.79 Å². The molecule has 0 aliphatic rings. The van der Waals surface area contributed by atoms with Gasteiger partial charge in [-0.2, -0.15) is 18.4 Å². The van der Waals surface area contributed by atoms with Crippen LogP contribution in [0.15, 0.2) is 54.2 Å². The maximum atomic E-state index is 13.1. The van der Waals surface area contributed by atoms with Gasteiger partial charge in [0.25, 0.3) is 5.91 Å². The molecule has 8 heteroatoms. The minimum atomic E-state index is -4.64. The number of nitrogens with zero attached hydrogens (tertiary/aromatic N) is 1. The Bertz CT molecular complexity index is 901.